The Labute approximate surface area is 133 Å². The standard InChI is InChI=1S/C17H29N3S/c1-4-15-14(10-11-18-3)16(5-2)20-17(19-15)12-21-13-8-6-7-9-13/h13,18H,4-12H2,1-3H3. The average molecular weight is 308 g/mol. The van der Waals surface area contributed by atoms with Gasteiger partial charge in [0.2, 0.25) is 0 Å². The quantitative estimate of drug-likeness (QED) is 0.797. The molecule has 1 aromatic heterocycles. The summed E-state index contributed by atoms with van der Waals surface area (Å²) in [5.41, 5.74) is 3.90. The Kier molecular flexibility index (Phi) is 6.97. The summed E-state index contributed by atoms with van der Waals surface area (Å²) >= 11 is 2.06. The minimum Gasteiger partial charge on any atom is -0.319 e. The second-order valence-electron chi connectivity index (χ2n) is 5.79. The number of likely N-dealkylation sites (N-methyl/N-ethyl adjacent to an activating group) is 1. The van der Waals surface area contributed by atoms with E-state index in [1.807, 2.05) is 7.05 Å². The van der Waals surface area contributed by atoms with Gasteiger partial charge in [-0.15, -0.1) is 0 Å². The van der Waals surface area contributed by atoms with Crippen LogP contribution in [0.15, 0.2) is 0 Å². The van der Waals surface area contributed by atoms with E-state index in [-0.39, 0.29) is 0 Å². The maximum atomic E-state index is 4.85. The second-order valence-corrected chi connectivity index (χ2v) is 7.08. The van der Waals surface area contributed by atoms with Gasteiger partial charge in [0.05, 0.1) is 5.75 Å². The Morgan fingerprint density at radius 2 is 1.71 bits per heavy atom. The first-order valence-corrected chi connectivity index (χ1v) is 9.47. The summed E-state index contributed by atoms with van der Waals surface area (Å²) in [4.78, 5) is 9.71. The summed E-state index contributed by atoms with van der Waals surface area (Å²) in [6.07, 6.45) is 8.63. The van der Waals surface area contributed by atoms with Gasteiger partial charge in [-0.2, -0.15) is 11.8 Å². The van der Waals surface area contributed by atoms with Crippen LogP contribution in [-0.2, 0) is 25.0 Å². The predicted octanol–water partition coefficient (Wildman–Crippen LogP) is 3.54. The molecule has 2 rings (SSSR count). The summed E-state index contributed by atoms with van der Waals surface area (Å²) in [6.45, 7) is 5.41. The molecule has 1 aliphatic rings. The van der Waals surface area contributed by atoms with Gasteiger partial charge in [-0.1, -0.05) is 26.7 Å². The molecule has 0 saturated heterocycles. The monoisotopic (exact) mass is 307 g/mol. The van der Waals surface area contributed by atoms with Crippen molar-refractivity contribution < 1.29 is 0 Å². The predicted molar refractivity (Wildman–Crippen MR) is 92.0 cm³/mol. The third-order valence-electron chi connectivity index (χ3n) is 4.27. The largest absolute Gasteiger partial charge is 0.319 e. The van der Waals surface area contributed by atoms with Crippen molar-refractivity contribution in [2.45, 2.75) is 69.8 Å². The van der Waals surface area contributed by atoms with Crippen LogP contribution in [0.25, 0.3) is 0 Å². The van der Waals surface area contributed by atoms with E-state index in [4.69, 9.17) is 9.97 Å². The molecule has 0 aliphatic heterocycles. The van der Waals surface area contributed by atoms with Gasteiger partial charge >= 0.3 is 0 Å². The van der Waals surface area contributed by atoms with Crippen LogP contribution >= 0.6 is 11.8 Å². The molecule has 0 bridgehead atoms. The van der Waals surface area contributed by atoms with Crippen molar-refractivity contribution in [2.75, 3.05) is 13.6 Å². The molecule has 0 aromatic carbocycles. The zero-order valence-corrected chi connectivity index (χ0v) is 14.6. The fourth-order valence-electron chi connectivity index (χ4n) is 3.07. The van der Waals surface area contributed by atoms with Crippen LogP contribution in [0.5, 0.6) is 0 Å². The number of thioether (sulfide) groups is 1. The van der Waals surface area contributed by atoms with Crippen LogP contribution in [0.1, 0.15) is 62.3 Å². The molecule has 0 amide bonds. The Morgan fingerprint density at radius 1 is 1.10 bits per heavy atom. The first-order valence-electron chi connectivity index (χ1n) is 8.42. The Morgan fingerprint density at radius 3 is 2.24 bits per heavy atom. The molecular formula is C17H29N3S. The van der Waals surface area contributed by atoms with E-state index in [1.54, 1.807) is 0 Å². The minimum absolute atomic E-state index is 0.840. The molecule has 4 heteroatoms. The smallest absolute Gasteiger partial charge is 0.138 e. The lowest BCUT2D eigenvalue weighted by atomic mass is 10.0. The topological polar surface area (TPSA) is 37.8 Å². The Balaban J connectivity index is 2.10. The molecule has 1 heterocycles. The van der Waals surface area contributed by atoms with Crippen LogP contribution in [-0.4, -0.2) is 28.8 Å². The Bertz CT molecular complexity index is 417. The molecule has 1 N–H and O–H groups in total. The minimum atomic E-state index is 0.840. The molecule has 1 aliphatic carbocycles. The molecule has 118 valence electrons. The van der Waals surface area contributed by atoms with Gasteiger partial charge in [0.15, 0.2) is 0 Å². The summed E-state index contributed by atoms with van der Waals surface area (Å²) in [7, 11) is 2.00. The number of nitrogens with zero attached hydrogens (tertiary/aromatic N) is 2. The fraction of sp³-hybridized carbons (Fsp3) is 0.765. The summed E-state index contributed by atoms with van der Waals surface area (Å²) < 4.78 is 0. The van der Waals surface area contributed by atoms with Crippen molar-refractivity contribution in [3.8, 4) is 0 Å². The molecule has 3 nitrogen and oxygen atoms in total. The number of rotatable bonds is 8. The number of hydrogen-bond acceptors (Lipinski definition) is 4. The molecule has 1 aromatic rings. The number of aromatic nitrogens is 2. The number of aryl methyl sites for hydroxylation is 2. The van der Waals surface area contributed by atoms with Crippen molar-refractivity contribution in [3.63, 3.8) is 0 Å². The lowest BCUT2D eigenvalue weighted by Crippen LogP contribution is -2.16. The van der Waals surface area contributed by atoms with Crippen LogP contribution in [0.3, 0.4) is 0 Å². The number of hydrogen-bond donors (Lipinski definition) is 1. The molecule has 0 spiro atoms. The maximum absolute atomic E-state index is 4.85. The van der Waals surface area contributed by atoms with Crippen LogP contribution in [0.4, 0.5) is 0 Å². The highest BCUT2D eigenvalue weighted by Crippen LogP contribution is 2.31. The third kappa shape index (κ3) is 4.68. The molecule has 21 heavy (non-hydrogen) atoms. The third-order valence-corrected chi connectivity index (χ3v) is 5.64. The van der Waals surface area contributed by atoms with Gasteiger partial charge in [-0.3, -0.25) is 0 Å². The lowest BCUT2D eigenvalue weighted by molar-refractivity contribution is 0.751. The van der Waals surface area contributed by atoms with Crippen molar-refractivity contribution in [3.05, 3.63) is 22.8 Å². The van der Waals surface area contributed by atoms with E-state index in [0.717, 1.165) is 42.6 Å². The van der Waals surface area contributed by atoms with Crippen molar-refractivity contribution in [1.29, 1.82) is 0 Å². The molecule has 0 unspecified atom stereocenters. The highest BCUT2D eigenvalue weighted by molar-refractivity contribution is 7.99. The Hall–Kier alpha value is -0.610. The van der Waals surface area contributed by atoms with Gasteiger partial charge in [-0.05, 0) is 51.3 Å². The summed E-state index contributed by atoms with van der Waals surface area (Å²) in [5.74, 6) is 2.03. The molecule has 1 saturated carbocycles. The maximum Gasteiger partial charge on any atom is 0.138 e. The van der Waals surface area contributed by atoms with E-state index in [1.165, 1.54) is 42.6 Å². The zero-order chi connectivity index (χ0) is 15.1. The van der Waals surface area contributed by atoms with E-state index in [2.05, 4.69) is 30.9 Å². The average Bonchev–Trinajstić information content (AvgIpc) is 3.03. The van der Waals surface area contributed by atoms with Crippen molar-refractivity contribution in [1.82, 2.24) is 15.3 Å². The van der Waals surface area contributed by atoms with E-state index in [0.29, 0.717) is 0 Å². The van der Waals surface area contributed by atoms with E-state index in [9.17, 15) is 0 Å². The molecular weight excluding hydrogens is 278 g/mol. The normalized spacial score (nSPS) is 15.8. The highest BCUT2D eigenvalue weighted by atomic mass is 32.2. The first-order chi connectivity index (χ1) is 10.3. The fourth-order valence-corrected chi connectivity index (χ4v) is 4.25. The van der Waals surface area contributed by atoms with Gasteiger partial charge in [-0.25, -0.2) is 9.97 Å². The van der Waals surface area contributed by atoms with Crippen LogP contribution < -0.4 is 5.32 Å². The summed E-state index contributed by atoms with van der Waals surface area (Å²) in [6, 6.07) is 0. The number of nitrogens with one attached hydrogen (secondary N) is 1. The van der Waals surface area contributed by atoms with Gasteiger partial charge in [0.1, 0.15) is 5.82 Å². The van der Waals surface area contributed by atoms with Gasteiger partial charge in [0, 0.05) is 16.6 Å². The highest BCUT2D eigenvalue weighted by Gasteiger charge is 2.17. The van der Waals surface area contributed by atoms with Crippen molar-refractivity contribution in [2.24, 2.45) is 0 Å². The second kappa shape index (κ2) is 8.74. The SMILES string of the molecule is CCc1nc(CSC2CCCC2)nc(CC)c1CCNC. The first kappa shape index (κ1) is 16.8. The van der Waals surface area contributed by atoms with E-state index >= 15 is 0 Å². The van der Waals surface area contributed by atoms with E-state index < -0.39 is 0 Å². The molecule has 0 radical (unpaired) electrons. The van der Waals surface area contributed by atoms with Crippen LogP contribution in [0, 0.1) is 0 Å². The molecule has 1 fully saturated rings. The summed E-state index contributed by atoms with van der Waals surface area (Å²) in [5, 5.41) is 4.08. The van der Waals surface area contributed by atoms with Gasteiger partial charge < -0.3 is 5.32 Å². The zero-order valence-electron chi connectivity index (χ0n) is 13.7. The molecule has 0 atom stereocenters. The van der Waals surface area contributed by atoms with Gasteiger partial charge in [0.25, 0.3) is 0 Å². The van der Waals surface area contributed by atoms with Crippen molar-refractivity contribution >= 4 is 11.8 Å². The van der Waals surface area contributed by atoms with Crippen LogP contribution in [0.2, 0.25) is 0 Å². The lowest BCUT2D eigenvalue weighted by Gasteiger charge is -2.15.